The van der Waals surface area contributed by atoms with Gasteiger partial charge in [-0.05, 0) is 67.9 Å². The molecule has 2 aromatic carbocycles. The molecule has 1 aliphatic rings. The number of benzene rings is 2. The predicted molar refractivity (Wildman–Crippen MR) is 132 cm³/mol. The van der Waals surface area contributed by atoms with E-state index in [1.54, 1.807) is 21.0 Å². The molecule has 0 saturated heterocycles. The fourth-order valence-electron chi connectivity index (χ4n) is 4.96. The van der Waals surface area contributed by atoms with Crippen LogP contribution in [0.5, 0.6) is 0 Å². The van der Waals surface area contributed by atoms with Crippen LogP contribution in [0.15, 0.2) is 46.9 Å². The Bertz CT molecular complexity index is 1130. The molecule has 1 aliphatic carbocycles. The third-order valence-electron chi connectivity index (χ3n) is 7.01. The summed E-state index contributed by atoms with van der Waals surface area (Å²) >= 11 is 0. The van der Waals surface area contributed by atoms with Gasteiger partial charge in [0.2, 0.25) is 5.89 Å². The molecule has 6 nitrogen and oxygen atoms in total. The largest absolute Gasteiger partial charge is 0.479 e. The molecule has 1 aromatic heterocycles. The zero-order valence-electron chi connectivity index (χ0n) is 20.5. The highest BCUT2D eigenvalue weighted by Gasteiger charge is 2.35. The Morgan fingerprint density at radius 1 is 1.21 bits per heavy atom. The van der Waals surface area contributed by atoms with Gasteiger partial charge in [-0.25, -0.2) is 9.78 Å². The van der Waals surface area contributed by atoms with E-state index in [1.165, 1.54) is 5.39 Å². The quantitative estimate of drug-likeness (QED) is 0.392. The van der Waals surface area contributed by atoms with Gasteiger partial charge in [0.1, 0.15) is 17.6 Å². The molecule has 0 radical (unpaired) electrons. The molecule has 1 saturated carbocycles. The van der Waals surface area contributed by atoms with Gasteiger partial charge in [0.15, 0.2) is 5.60 Å². The Morgan fingerprint density at radius 2 is 1.97 bits per heavy atom. The summed E-state index contributed by atoms with van der Waals surface area (Å²) in [6.07, 6.45) is 4.62. The Morgan fingerprint density at radius 3 is 2.68 bits per heavy atom. The highest BCUT2D eigenvalue weighted by Crippen LogP contribution is 2.41. The lowest BCUT2D eigenvalue weighted by Gasteiger charge is -2.34. The first kappa shape index (κ1) is 24.4. The number of fused-ring (bicyclic) bond motifs is 1. The Kier molecular flexibility index (Phi) is 7.39. The zero-order valence-corrected chi connectivity index (χ0v) is 20.5. The van der Waals surface area contributed by atoms with Crippen LogP contribution in [0, 0.1) is 11.8 Å². The third kappa shape index (κ3) is 5.18. The minimum Gasteiger partial charge on any atom is -0.479 e. The van der Waals surface area contributed by atoms with Crippen molar-refractivity contribution in [2.24, 2.45) is 11.8 Å². The second-order valence-corrected chi connectivity index (χ2v) is 9.82. The number of aryl methyl sites for hydroxylation is 1. The lowest BCUT2D eigenvalue weighted by atomic mass is 9.78. The Labute approximate surface area is 201 Å². The molecule has 6 heteroatoms. The summed E-state index contributed by atoms with van der Waals surface area (Å²) in [5, 5.41) is 11.7. The number of carboxylic acids is 1. The van der Waals surface area contributed by atoms with Crippen LogP contribution in [0.2, 0.25) is 0 Å². The number of nitrogens with zero attached hydrogens (tertiary/aromatic N) is 1. The number of hydrogen-bond acceptors (Lipinski definition) is 5. The first-order valence-corrected chi connectivity index (χ1v) is 12.2. The van der Waals surface area contributed by atoms with Crippen LogP contribution in [0.25, 0.3) is 22.2 Å². The summed E-state index contributed by atoms with van der Waals surface area (Å²) in [5.74, 6) is 1.12. The van der Waals surface area contributed by atoms with Crippen LogP contribution in [-0.2, 0) is 20.7 Å². The average Bonchev–Trinajstić information content (AvgIpc) is 3.27. The van der Waals surface area contributed by atoms with E-state index in [9.17, 15) is 9.90 Å². The number of carboxylic acid groups (broad SMARTS) is 1. The second-order valence-electron chi connectivity index (χ2n) is 9.82. The minimum absolute atomic E-state index is 0.164. The molecule has 182 valence electrons. The van der Waals surface area contributed by atoms with Crippen LogP contribution < -0.4 is 0 Å². The number of hydrogen-bond donors (Lipinski definition) is 1. The van der Waals surface area contributed by atoms with Crippen LogP contribution >= 0.6 is 0 Å². The first-order valence-electron chi connectivity index (χ1n) is 12.2. The molecular weight excluding hydrogens is 430 g/mol. The smallest absolute Gasteiger partial charge is 0.335 e. The van der Waals surface area contributed by atoms with Crippen molar-refractivity contribution in [3.63, 3.8) is 0 Å². The van der Waals surface area contributed by atoms with Crippen molar-refractivity contribution >= 4 is 16.7 Å². The van der Waals surface area contributed by atoms with Gasteiger partial charge in [0.05, 0.1) is 6.61 Å². The highest BCUT2D eigenvalue weighted by molar-refractivity contribution is 5.86. The highest BCUT2D eigenvalue weighted by atomic mass is 16.5. The summed E-state index contributed by atoms with van der Waals surface area (Å²) in [7, 11) is 1.74. The maximum atomic E-state index is 11.4. The lowest BCUT2D eigenvalue weighted by molar-refractivity contribution is -0.163. The molecule has 0 aliphatic heterocycles. The number of rotatable bonds is 9. The van der Waals surface area contributed by atoms with Gasteiger partial charge in [0, 0.05) is 19.1 Å². The zero-order chi connectivity index (χ0) is 24.3. The van der Waals surface area contributed by atoms with Gasteiger partial charge in [-0.2, -0.15) is 0 Å². The summed E-state index contributed by atoms with van der Waals surface area (Å²) in [6.45, 7) is 5.72. The molecule has 1 heterocycles. The third-order valence-corrected chi connectivity index (χ3v) is 7.01. The topological polar surface area (TPSA) is 81.8 Å². The molecular formula is C28H35NO5. The lowest BCUT2D eigenvalue weighted by Crippen LogP contribution is -2.37. The van der Waals surface area contributed by atoms with Crippen molar-refractivity contribution in [1.82, 2.24) is 4.98 Å². The molecule has 3 atom stereocenters. The summed E-state index contributed by atoms with van der Waals surface area (Å²) in [5.41, 5.74) is 0.662. The van der Waals surface area contributed by atoms with Crippen LogP contribution in [0.3, 0.4) is 0 Å². The molecule has 0 amide bonds. The van der Waals surface area contributed by atoms with E-state index in [0.717, 1.165) is 54.5 Å². The monoisotopic (exact) mass is 465 g/mol. The van der Waals surface area contributed by atoms with Gasteiger partial charge in [-0.15, -0.1) is 0 Å². The van der Waals surface area contributed by atoms with Gasteiger partial charge in [-0.3, -0.25) is 0 Å². The second kappa shape index (κ2) is 10.3. The first-order chi connectivity index (χ1) is 16.3. The Balaban J connectivity index is 1.54. The number of methoxy groups -OCH3 is 1. The van der Waals surface area contributed by atoms with E-state index >= 15 is 0 Å². The molecule has 0 spiro atoms. The van der Waals surface area contributed by atoms with Crippen LogP contribution in [0.1, 0.15) is 64.0 Å². The maximum Gasteiger partial charge on any atom is 0.335 e. The van der Waals surface area contributed by atoms with Gasteiger partial charge in [0.25, 0.3) is 0 Å². The van der Waals surface area contributed by atoms with Crippen molar-refractivity contribution in [1.29, 1.82) is 0 Å². The van der Waals surface area contributed by atoms with E-state index < -0.39 is 11.6 Å². The molecule has 0 bridgehead atoms. The molecule has 34 heavy (non-hydrogen) atoms. The number of aliphatic carboxylic acids is 1. The predicted octanol–water partition coefficient (Wildman–Crippen LogP) is 6.43. The van der Waals surface area contributed by atoms with E-state index in [4.69, 9.17) is 18.9 Å². The molecule has 4 rings (SSSR count). The Hall–Kier alpha value is -2.70. The van der Waals surface area contributed by atoms with Crippen LogP contribution in [0.4, 0.5) is 0 Å². The number of carbonyl (C=O) groups is 1. The van der Waals surface area contributed by atoms with E-state index in [0.29, 0.717) is 18.4 Å². The van der Waals surface area contributed by atoms with E-state index in [2.05, 4.69) is 37.3 Å². The van der Waals surface area contributed by atoms with E-state index in [1.807, 2.05) is 12.1 Å². The molecule has 3 unspecified atom stereocenters. The van der Waals surface area contributed by atoms with E-state index in [-0.39, 0.29) is 12.0 Å². The SMILES string of the molecule is CCc1oc(-c2ccc3ccccc3c2)nc1C(OC)C1CCCC(COC(C)(C)C(=O)O)C1. The van der Waals surface area contributed by atoms with Crippen molar-refractivity contribution in [2.45, 2.75) is 64.6 Å². The van der Waals surface area contributed by atoms with Crippen molar-refractivity contribution in [3.05, 3.63) is 53.9 Å². The summed E-state index contributed by atoms with van der Waals surface area (Å²) in [4.78, 5) is 16.3. The normalized spacial score (nSPS) is 19.9. The fourth-order valence-corrected chi connectivity index (χ4v) is 4.96. The van der Waals surface area contributed by atoms with Crippen LogP contribution in [-0.4, -0.2) is 35.4 Å². The number of ether oxygens (including phenoxy) is 2. The van der Waals surface area contributed by atoms with Gasteiger partial charge >= 0.3 is 5.97 Å². The average molecular weight is 466 g/mol. The van der Waals surface area contributed by atoms with Crippen molar-refractivity contribution in [3.8, 4) is 11.5 Å². The van der Waals surface area contributed by atoms with Crippen molar-refractivity contribution < 1.29 is 23.8 Å². The van der Waals surface area contributed by atoms with Gasteiger partial charge in [-0.1, -0.05) is 43.7 Å². The summed E-state index contributed by atoms with van der Waals surface area (Å²) in [6, 6.07) is 14.5. The number of oxazole rings is 1. The molecule has 1 N–H and O–H groups in total. The van der Waals surface area contributed by atoms with Gasteiger partial charge < -0.3 is 19.0 Å². The van der Waals surface area contributed by atoms with Crippen molar-refractivity contribution in [2.75, 3.05) is 13.7 Å². The maximum absolute atomic E-state index is 11.4. The fraction of sp³-hybridized carbons (Fsp3) is 0.500. The number of aromatic nitrogens is 1. The summed E-state index contributed by atoms with van der Waals surface area (Å²) < 4.78 is 18.0. The minimum atomic E-state index is -1.18. The molecule has 3 aromatic rings. The standard InChI is InChI=1S/C28H35NO5/c1-5-23-24(29-26(34-23)22-14-13-19-10-6-7-11-20(19)16-22)25(32-4)21-12-8-9-18(15-21)17-33-28(2,3)27(30)31/h6-7,10-11,13-14,16,18,21,25H,5,8-9,12,15,17H2,1-4H3,(H,30,31). The molecule has 1 fully saturated rings.